The molecule has 1 aromatic rings. The standard InChI is InChI=1S/C10H9ClFNO2/c1-6-3-7(11)9(4-8(6)12)13(2)10(15)5-14/h3-5H,1-2H3. The van der Waals surface area contributed by atoms with E-state index in [-0.39, 0.29) is 17.0 Å². The SMILES string of the molecule is Cc1cc(Cl)c(N(C)C(=O)C=O)cc1F. The van der Waals surface area contributed by atoms with Gasteiger partial charge in [0.25, 0.3) is 5.91 Å². The minimum absolute atomic E-state index is 0.147. The number of carbonyl (C=O) groups is 2. The largest absolute Gasteiger partial charge is 0.308 e. The second kappa shape index (κ2) is 4.40. The summed E-state index contributed by atoms with van der Waals surface area (Å²) in [5, 5.41) is 0.228. The number of anilines is 1. The Kier molecular flexibility index (Phi) is 3.42. The molecule has 0 radical (unpaired) electrons. The lowest BCUT2D eigenvalue weighted by Crippen LogP contribution is -2.27. The van der Waals surface area contributed by atoms with Crippen LogP contribution in [0.1, 0.15) is 5.56 Å². The fourth-order valence-corrected chi connectivity index (χ4v) is 1.44. The van der Waals surface area contributed by atoms with Gasteiger partial charge in [-0.25, -0.2) is 4.39 Å². The van der Waals surface area contributed by atoms with Crippen LogP contribution in [0.25, 0.3) is 0 Å². The molecule has 0 saturated carbocycles. The third-order valence-electron chi connectivity index (χ3n) is 2.02. The maximum Gasteiger partial charge on any atom is 0.290 e. The van der Waals surface area contributed by atoms with Crippen molar-refractivity contribution < 1.29 is 14.0 Å². The van der Waals surface area contributed by atoms with Crippen LogP contribution >= 0.6 is 11.6 Å². The Hall–Kier alpha value is -1.42. The number of benzene rings is 1. The van der Waals surface area contributed by atoms with E-state index in [4.69, 9.17) is 11.6 Å². The number of aryl methyl sites for hydroxylation is 1. The highest BCUT2D eigenvalue weighted by molar-refractivity contribution is 6.36. The molecular formula is C10H9ClFNO2. The number of hydrogen-bond donors (Lipinski definition) is 0. The highest BCUT2D eigenvalue weighted by atomic mass is 35.5. The predicted molar refractivity (Wildman–Crippen MR) is 55.6 cm³/mol. The molecule has 0 atom stereocenters. The van der Waals surface area contributed by atoms with Crippen molar-refractivity contribution in [1.82, 2.24) is 0 Å². The first kappa shape index (κ1) is 11.7. The van der Waals surface area contributed by atoms with E-state index < -0.39 is 11.7 Å². The number of halogens is 2. The van der Waals surface area contributed by atoms with Crippen LogP contribution in [0.3, 0.4) is 0 Å². The molecule has 1 amide bonds. The van der Waals surface area contributed by atoms with Gasteiger partial charge in [-0.3, -0.25) is 9.59 Å². The summed E-state index contributed by atoms with van der Waals surface area (Å²) in [6.07, 6.45) is 0.147. The van der Waals surface area contributed by atoms with E-state index in [1.165, 1.54) is 13.1 Å². The molecule has 0 aromatic heterocycles. The van der Waals surface area contributed by atoms with E-state index in [1.54, 1.807) is 6.92 Å². The van der Waals surface area contributed by atoms with Gasteiger partial charge < -0.3 is 4.90 Å². The van der Waals surface area contributed by atoms with Gasteiger partial charge in [-0.05, 0) is 24.6 Å². The molecule has 1 aromatic carbocycles. The first-order chi connectivity index (χ1) is 6.97. The molecule has 0 aliphatic carbocycles. The smallest absolute Gasteiger partial charge is 0.290 e. The van der Waals surface area contributed by atoms with Crippen LogP contribution in [-0.2, 0) is 9.59 Å². The van der Waals surface area contributed by atoms with Gasteiger partial charge in [-0.2, -0.15) is 0 Å². The van der Waals surface area contributed by atoms with Gasteiger partial charge in [0.05, 0.1) is 10.7 Å². The molecule has 0 bridgehead atoms. The molecule has 0 spiro atoms. The van der Waals surface area contributed by atoms with E-state index in [9.17, 15) is 14.0 Å². The molecule has 3 nitrogen and oxygen atoms in total. The third kappa shape index (κ3) is 2.33. The lowest BCUT2D eigenvalue weighted by molar-refractivity contribution is -0.129. The molecule has 80 valence electrons. The number of hydrogen-bond acceptors (Lipinski definition) is 2. The lowest BCUT2D eigenvalue weighted by atomic mass is 10.2. The van der Waals surface area contributed by atoms with Crippen molar-refractivity contribution in [2.24, 2.45) is 0 Å². The number of amides is 1. The van der Waals surface area contributed by atoms with E-state index in [0.717, 1.165) is 11.0 Å². The van der Waals surface area contributed by atoms with Crippen molar-refractivity contribution in [3.63, 3.8) is 0 Å². The molecule has 0 N–H and O–H groups in total. The maximum atomic E-state index is 13.2. The van der Waals surface area contributed by atoms with Gasteiger partial charge >= 0.3 is 0 Å². The highest BCUT2D eigenvalue weighted by Crippen LogP contribution is 2.27. The van der Waals surface area contributed by atoms with Crippen molar-refractivity contribution >= 4 is 29.5 Å². The zero-order valence-corrected chi connectivity index (χ0v) is 9.01. The van der Waals surface area contributed by atoms with Crippen molar-refractivity contribution in [3.05, 3.63) is 28.5 Å². The summed E-state index contributed by atoms with van der Waals surface area (Å²) in [4.78, 5) is 22.3. The van der Waals surface area contributed by atoms with E-state index in [2.05, 4.69) is 0 Å². The molecule has 0 unspecified atom stereocenters. The summed E-state index contributed by atoms with van der Waals surface area (Å²) in [7, 11) is 1.35. The molecule has 1 rings (SSSR count). The number of aldehydes is 1. The Morgan fingerprint density at radius 1 is 1.53 bits per heavy atom. The fraction of sp³-hybridized carbons (Fsp3) is 0.200. The summed E-state index contributed by atoms with van der Waals surface area (Å²) in [5.41, 5.74) is 0.563. The predicted octanol–water partition coefficient (Wildman–Crippen LogP) is 1.95. The van der Waals surface area contributed by atoms with Crippen molar-refractivity contribution in [2.45, 2.75) is 6.92 Å². The zero-order chi connectivity index (χ0) is 11.6. The Labute approximate surface area is 91.4 Å². The van der Waals surface area contributed by atoms with Crippen LogP contribution in [0.15, 0.2) is 12.1 Å². The van der Waals surface area contributed by atoms with Gasteiger partial charge in [-0.15, -0.1) is 0 Å². The van der Waals surface area contributed by atoms with E-state index in [1.807, 2.05) is 0 Å². The van der Waals surface area contributed by atoms with Gasteiger partial charge in [0.1, 0.15) is 5.82 Å². The molecule has 15 heavy (non-hydrogen) atoms. The normalized spacial score (nSPS) is 9.87. The van der Waals surface area contributed by atoms with Crippen LogP contribution in [0.2, 0.25) is 5.02 Å². The summed E-state index contributed by atoms with van der Waals surface area (Å²) < 4.78 is 13.2. The Bertz CT molecular complexity index is 420. The zero-order valence-electron chi connectivity index (χ0n) is 8.25. The molecule has 0 fully saturated rings. The minimum atomic E-state index is -0.778. The Morgan fingerprint density at radius 2 is 2.13 bits per heavy atom. The average molecular weight is 230 g/mol. The maximum absolute atomic E-state index is 13.2. The third-order valence-corrected chi connectivity index (χ3v) is 2.32. The number of nitrogens with zero attached hydrogens (tertiary/aromatic N) is 1. The fourth-order valence-electron chi connectivity index (χ4n) is 1.09. The minimum Gasteiger partial charge on any atom is -0.308 e. The molecule has 0 saturated heterocycles. The molecule has 0 heterocycles. The molecule has 0 aliphatic heterocycles. The second-order valence-corrected chi connectivity index (χ2v) is 3.48. The Balaban J connectivity index is 3.20. The van der Waals surface area contributed by atoms with E-state index >= 15 is 0 Å². The van der Waals surface area contributed by atoms with Crippen LogP contribution in [-0.4, -0.2) is 19.2 Å². The average Bonchev–Trinajstić information content (AvgIpc) is 2.21. The summed E-state index contributed by atoms with van der Waals surface area (Å²) >= 11 is 5.82. The molecule has 0 aliphatic rings. The molecular weight excluding hydrogens is 221 g/mol. The van der Waals surface area contributed by atoms with Crippen LogP contribution in [0.5, 0.6) is 0 Å². The van der Waals surface area contributed by atoms with Gasteiger partial charge in [0.15, 0.2) is 0 Å². The van der Waals surface area contributed by atoms with Crippen LogP contribution in [0, 0.1) is 12.7 Å². The quantitative estimate of drug-likeness (QED) is 0.574. The summed E-state index contributed by atoms with van der Waals surface area (Å²) in [6, 6.07) is 2.53. The van der Waals surface area contributed by atoms with Crippen molar-refractivity contribution in [2.75, 3.05) is 11.9 Å². The van der Waals surface area contributed by atoms with Crippen molar-refractivity contribution in [3.8, 4) is 0 Å². The summed E-state index contributed by atoms with van der Waals surface area (Å²) in [5.74, 6) is -1.25. The van der Waals surface area contributed by atoms with E-state index in [0.29, 0.717) is 5.56 Å². The van der Waals surface area contributed by atoms with Gasteiger partial charge in [0, 0.05) is 7.05 Å². The second-order valence-electron chi connectivity index (χ2n) is 3.07. The van der Waals surface area contributed by atoms with Gasteiger partial charge in [-0.1, -0.05) is 11.6 Å². The summed E-state index contributed by atoms with van der Waals surface area (Å²) in [6.45, 7) is 1.56. The van der Waals surface area contributed by atoms with Crippen molar-refractivity contribution in [1.29, 1.82) is 0 Å². The number of likely N-dealkylation sites (N-methyl/N-ethyl adjacent to an activating group) is 1. The monoisotopic (exact) mass is 229 g/mol. The Morgan fingerprint density at radius 3 is 2.67 bits per heavy atom. The highest BCUT2D eigenvalue weighted by Gasteiger charge is 2.14. The first-order valence-electron chi connectivity index (χ1n) is 4.16. The first-order valence-corrected chi connectivity index (χ1v) is 4.53. The van der Waals surface area contributed by atoms with Crippen LogP contribution in [0.4, 0.5) is 10.1 Å². The number of rotatable bonds is 2. The topological polar surface area (TPSA) is 37.4 Å². The van der Waals surface area contributed by atoms with Crippen LogP contribution < -0.4 is 4.90 Å². The molecule has 5 heteroatoms. The lowest BCUT2D eigenvalue weighted by Gasteiger charge is -2.16. The number of carbonyl (C=O) groups excluding carboxylic acids is 2. The van der Waals surface area contributed by atoms with Gasteiger partial charge in [0.2, 0.25) is 6.29 Å².